The smallest absolute Gasteiger partial charge is 0.200 e. The van der Waals surface area contributed by atoms with Gasteiger partial charge in [0.05, 0.1) is 6.54 Å². The lowest BCUT2D eigenvalue weighted by Gasteiger charge is -2.02. The predicted molar refractivity (Wildman–Crippen MR) is 35.0 cm³/mol. The van der Waals surface area contributed by atoms with Crippen molar-refractivity contribution in [3.05, 3.63) is 0 Å². The fraction of sp³-hybridized carbons (Fsp3) is 0.333. The predicted octanol–water partition coefficient (Wildman–Crippen LogP) is -2.09. The molecule has 0 unspecified atom stereocenters. The Morgan fingerprint density at radius 3 is 2.22 bits per heavy atom. The van der Waals surface area contributed by atoms with Gasteiger partial charge in [-0.15, -0.1) is 0 Å². The molecule has 0 spiro atoms. The molecule has 52 valence electrons. The quantitative estimate of drug-likeness (QED) is 0.149. The number of guanidine groups is 1. The summed E-state index contributed by atoms with van der Waals surface area (Å²) in [5.74, 6) is -0.208. The molecule has 0 radical (unpaired) electrons. The summed E-state index contributed by atoms with van der Waals surface area (Å²) >= 11 is 0. The fourth-order valence-corrected chi connectivity index (χ4v) is 0.235. The van der Waals surface area contributed by atoms with Gasteiger partial charge >= 0.3 is 0 Å². The van der Waals surface area contributed by atoms with Gasteiger partial charge in [0.1, 0.15) is 5.84 Å². The van der Waals surface area contributed by atoms with Gasteiger partial charge in [0, 0.05) is 0 Å². The molecule has 0 heterocycles. The number of hydrogen-bond donors (Lipinski definition) is 6. The van der Waals surface area contributed by atoms with E-state index < -0.39 is 0 Å². The Bertz CT molecular complexity index is 103. The first-order valence-electron chi connectivity index (χ1n) is 2.28. The lowest BCUT2D eigenvalue weighted by Crippen LogP contribution is -2.45. The van der Waals surface area contributed by atoms with Gasteiger partial charge in [0.2, 0.25) is 0 Å². The Morgan fingerprint density at radius 1 is 1.33 bits per heavy atom. The van der Waals surface area contributed by atoms with E-state index in [-0.39, 0.29) is 18.3 Å². The first kappa shape index (κ1) is 7.70. The molecule has 0 aliphatic carbocycles. The molecule has 6 nitrogen and oxygen atoms in total. The van der Waals surface area contributed by atoms with Crippen LogP contribution in [-0.2, 0) is 0 Å². The summed E-state index contributed by atoms with van der Waals surface area (Å²) in [5.41, 5.74) is 14.5. The molecule has 0 amide bonds. The molecule has 8 N–H and O–H groups in total. The molecule has 0 saturated heterocycles. The van der Waals surface area contributed by atoms with E-state index in [1.165, 1.54) is 0 Å². The van der Waals surface area contributed by atoms with Crippen molar-refractivity contribution in [2.45, 2.75) is 0 Å². The average molecular weight is 130 g/mol. The molecule has 0 bridgehead atoms. The van der Waals surface area contributed by atoms with E-state index in [0.29, 0.717) is 0 Å². The third-order valence-electron chi connectivity index (χ3n) is 0.502. The van der Waals surface area contributed by atoms with Gasteiger partial charge < -0.3 is 11.5 Å². The van der Waals surface area contributed by atoms with Crippen molar-refractivity contribution in [3.63, 3.8) is 0 Å². The summed E-state index contributed by atoms with van der Waals surface area (Å²) in [6, 6.07) is 0. The van der Waals surface area contributed by atoms with Crippen LogP contribution in [0.4, 0.5) is 0 Å². The van der Waals surface area contributed by atoms with Crippen molar-refractivity contribution >= 4 is 11.8 Å². The molecule has 0 atom stereocenters. The molecule has 9 heavy (non-hydrogen) atoms. The van der Waals surface area contributed by atoms with Crippen LogP contribution in [0.15, 0.2) is 0 Å². The molecule has 0 saturated carbocycles. The highest BCUT2D eigenvalue weighted by atomic mass is 15.4. The van der Waals surface area contributed by atoms with E-state index in [2.05, 4.69) is 10.9 Å². The van der Waals surface area contributed by atoms with E-state index in [1.54, 1.807) is 0 Å². The number of hydrogen-bond acceptors (Lipinski definition) is 3. The maximum Gasteiger partial charge on any atom is 0.200 e. The van der Waals surface area contributed by atoms with Crippen molar-refractivity contribution < 1.29 is 0 Å². The first-order chi connectivity index (χ1) is 4.13. The van der Waals surface area contributed by atoms with E-state index in [0.717, 1.165) is 0 Å². The number of amidine groups is 1. The Hall–Kier alpha value is -1.30. The summed E-state index contributed by atoms with van der Waals surface area (Å²) in [6.45, 7) is 0.180. The topological polar surface area (TPSA) is 124 Å². The van der Waals surface area contributed by atoms with Crippen molar-refractivity contribution in [1.29, 1.82) is 10.8 Å². The minimum Gasteiger partial charge on any atom is -0.387 e. The molecule has 6 heteroatoms. The van der Waals surface area contributed by atoms with E-state index in [4.69, 9.17) is 22.3 Å². The summed E-state index contributed by atoms with van der Waals surface area (Å²) in [6.07, 6.45) is 0. The third-order valence-corrected chi connectivity index (χ3v) is 0.502. The minimum atomic E-state index is -0.198. The largest absolute Gasteiger partial charge is 0.387 e. The van der Waals surface area contributed by atoms with Crippen LogP contribution in [-0.4, -0.2) is 18.3 Å². The SMILES string of the molecule is N=C(N)CNNC(=N)N. The van der Waals surface area contributed by atoms with E-state index in [9.17, 15) is 0 Å². The Kier molecular flexibility index (Phi) is 3.14. The lowest BCUT2D eigenvalue weighted by atomic mass is 10.6. The maximum atomic E-state index is 6.70. The highest BCUT2D eigenvalue weighted by Crippen LogP contribution is 1.50. The zero-order valence-corrected chi connectivity index (χ0v) is 4.86. The van der Waals surface area contributed by atoms with E-state index >= 15 is 0 Å². The standard InChI is InChI=1S/C3H10N6/c4-2(5)1-8-9-3(6)7/h8H,1H2,(H3,4,5)(H4,6,7,9). The minimum absolute atomic E-state index is 0.0104. The van der Waals surface area contributed by atoms with Gasteiger partial charge in [-0.3, -0.25) is 16.2 Å². The van der Waals surface area contributed by atoms with Crippen LogP contribution in [0, 0.1) is 10.8 Å². The second-order valence-corrected chi connectivity index (χ2v) is 1.42. The zero-order chi connectivity index (χ0) is 7.28. The number of nitrogens with one attached hydrogen (secondary N) is 4. The summed E-state index contributed by atoms with van der Waals surface area (Å²) in [7, 11) is 0. The van der Waals surface area contributed by atoms with Crippen LogP contribution < -0.4 is 22.3 Å². The average Bonchev–Trinajstić information content (AvgIpc) is 1.63. The van der Waals surface area contributed by atoms with Gasteiger partial charge in [-0.05, 0) is 0 Å². The third kappa shape index (κ3) is 6.70. The van der Waals surface area contributed by atoms with Crippen LogP contribution in [0.1, 0.15) is 0 Å². The summed E-state index contributed by atoms with van der Waals surface area (Å²) < 4.78 is 0. The zero-order valence-electron chi connectivity index (χ0n) is 4.86. The van der Waals surface area contributed by atoms with Crippen LogP contribution in [0.25, 0.3) is 0 Å². The second kappa shape index (κ2) is 3.67. The number of rotatable bonds is 3. The molecule has 0 fully saturated rings. The van der Waals surface area contributed by atoms with Gasteiger partial charge in [0.25, 0.3) is 0 Å². The number of nitrogens with two attached hydrogens (primary N) is 2. The molecule has 0 aliphatic rings. The normalized spacial score (nSPS) is 8.44. The van der Waals surface area contributed by atoms with Crippen molar-refractivity contribution in [2.24, 2.45) is 11.5 Å². The molecule has 0 rings (SSSR count). The first-order valence-corrected chi connectivity index (χ1v) is 2.28. The van der Waals surface area contributed by atoms with E-state index in [1.807, 2.05) is 0 Å². The molecular formula is C3H10N6. The van der Waals surface area contributed by atoms with Gasteiger partial charge in [-0.1, -0.05) is 0 Å². The molecule has 0 aromatic rings. The van der Waals surface area contributed by atoms with Gasteiger partial charge in [-0.2, -0.15) is 0 Å². The summed E-state index contributed by atoms with van der Waals surface area (Å²) in [4.78, 5) is 0. The van der Waals surface area contributed by atoms with Gasteiger partial charge in [0.15, 0.2) is 5.96 Å². The Morgan fingerprint density at radius 2 is 1.89 bits per heavy atom. The van der Waals surface area contributed by atoms with Crippen LogP contribution >= 0.6 is 0 Å². The van der Waals surface area contributed by atoms with Crippen LogP contribution in [0.5, 0.6) is 0 Å². The maximum absolute atomic E-state index is 6.70. The Balaban J connectivity index is 3.10. The number of hydrazine groups is 1. The fourth-order valence-electron chi connectivity index (χ4n) is 0.235. The van der Waals surface area contributed by atoms with Crippen LogP contribution in [0.2, 0.25) is 0 Å². The van der Waals surface area contributed by atoms with Gasteiger partial charge in [-0.25, -0.2) is 5.43 Å². The highest BCUT2D eigenvalue weighted by molar-refractivity contribution is 5.79. The molecule has 0 aliphatic heterocycles. The van der Waals surface area contributed by atoms with Crippen LogP contribution in [0.3, 0.4) is 0 Å². The molecule has 0 aromatic carbocycles. The molecular weight excluding hydrogens is 120 g/mol. The second-order valence-electron chi connectivity index (χ2n) is 1.42. The van der Waals surface area contributed by atoms with Crippen molar-refractivity contribution in [2.75, 3.05) is 6.54 Å². The van der Waals surface area contributed by atoms with Crippen molar-refractivity contribution in [1.82, 2.24) is 10.9 Å². The monoisotopic (exact) mass is 130 g/mol. The Labute approximate surface area is 52.6 Å². The highest BCUT2D eigenvalue weighted by Gasteiger charge is 1.86. The summed E-state index contributed by atoms with van der Waals surface area (Å²) in [5, 5.41) is 13.3. The lowest BCUT2D eigenvalue weighted by molar-refractivity contribution is 0.717. The van der Waals surface area contributed by atoms with Crippen molar-refractivity contribution in [3.8, 4) is 0 Å². The molecule has 0 aromatic heterocycles.